The van der Waals surface area contributed by atoms with E-state index in [1.807, 2.05) is 24.3 Å². The zero-order chi connectivity index (χ0) is 15.4. The Morgan fingerprint density at radius 2 is 2.05 bits per heavy atom. The minimum atomic E-state index is -0.286. The van der Waals surface area contributed by atoms with Crippen LogP contribution in [0.1, 0.15) is 6.92 Å². The first kappa shape index (κ1) is 15.4. The fourth-order valence-electron chi connectivity index (χ4n) is 1.75. The van der Waals surface area contributed by atoms with Crippen molar-refractivity contribution in [2.24, 2.45) is 0 Å². The summed E-state index contributed by atoms with van der Waals surface area (Å²) in [6, 6.07) is 7.40. The van der Waals surface area contributed by atoms with Crippen LogP contribution in [0.4, 0.5) is 0 Å². The fraction of sp³-hybridized carbons (Fsp3) is 0.357. The van der Waals surface area contributed by atoms with Crippen molar-refractivity contribution in [3.05, 3.63) is 24.3 Å². The van der Waals surface area contributed by atoms with E-state index in [2.05, 4.69) is 10.2 Å². The largest absolute Gasteiger partial charge is 0.496 e. The number of carbonyl (C=O) groups excluding carboxylic acids is 1. The Labute approximate surface area is 127 Å². The Kier molecular flexibility index (Phi) is 4.85. The number of ether oxygens (including phenoxy) is 1. The minimum Gasteiger partial charge on any atom is -0.496 e. The molecule has 0 radical (unpaired) electrons. The molecule has 1 amide bonds. The van der Waals surface area contributed by atoms with Gasteiger partial charge in [0.1, 0.15) is 5.75 Å². The summed E-state index contributed by atoms with van der Waals surface area (Å²) in [7, 11) is 5.02. The lowest BCUT2D eigenvalue weighted by Gasteiger charge is -2.14. The van der Waals surface area contributed by atoms with Crippen molar-refractivity contribution in [2.45, 2.75) is 17.4 Å². The molecule has 0 aliphatic heterocycles. The molecule has 7 heteroatoms. The molecule has 0 saturated carbocycles. The van der Waals surface area contributed by atoms with E-state index < -0.39 is 0 Å². The van der Waals surface area contributed by atoms with Gasteiger partial charge in [-0.1, -0.05) is 23.9 Å². The molecule has 0 bridgehead atoms. The first-order valence-corrected chi connectivity index (χ1v) is 7.25. The van der Waals surface area contributed by atoms with Gasteiger partial charge in [-0.25, -0.2) is 0 Å². The third kappa shape index (κ3) is 3.55. The predicted molar refractivity (Wildman–Crippen MR) is 80.3 cm³/mol. The maximum Gasteiger partial charge on any atom is 0.277 e. The molecule has 1 atom stereocenters. The molecule has 0 fully saturated rings. The van der Waals surface area contributed by atoms with Gasteiger partial charge in [0.2, 0.25) is 5.91 Å². The van der Waals surface area contributed by atoms with E-state index in [0.29, 0.717) is 16.9 Å². The van der Waals surface area contributed by atoms with Crippen molar-refractivity contribution in [3.8, 4) is 17.2 Å². The molecule has 1 aromatic heterocycles. The summed E-state index contributed by atoms with van der Waals surface area (Å²) < 4.78 is 10.9. The van der Waals surface area contributed by atoms with Gasteiger partial charge in [0.05, 0.1) is 17.9 Å². The normalized spacial score (nSPS) is 12.0. The first-order chi connectivity index (χ1) is 10.0. The van der Waals surface area contributed by atoms with Gasteiger partial charge in [0, 0.05) is 14.1 Å². The van der Waals surface area contributed by atoms with Crippen LogP contribution in [0.15, 0.2) is 33.9 Å². The number of aromatic nitrogens is 2. The molecule has 2 rings (SSSR count). The highest BCUT2D eigenvalue weighted by atomic mass is 32.2. The molecule has 0 aliphatic rings. The topological polar surface area (TPSA) is 68.5 Å². The van der Waals surface area contributed by atoms with Gasteiger partial charge >= 0.3 is 0 Å². The molecule has 6 nitrogen and oxygen atoms in total. The first-order valence-electron chi connectivity index (χ1n) is 6.37. The summed E-state index contributed by atoms with van der Waals surface area (Å²) in [4.78, 5) is 13.4. The van der Waals surface area contributed by atoms with Crippen LogP contribution in [0, 0.1) is 0 Å². The molecular formula is C14H17N3O3S. The maximum absolute atomic E-state index is 11.8. The summed E-state index contributed by atoms with van der Waals surface area (Å²) in [6.07, 6.45) is 0. The van der Waals surface area contributed by atoms with Gasteiger partial charge in [0.25, 0.3) is 11.1 Å². The van der Waals surface area contributed by atoms with Gasteiger partial charge in [-0.05, 0) is 19.1 Å². The molecule has 0 spiro atoms. The zero-order valence-corrected chi connectivity index (χ0v) is 13.2. The Morgan fingerprint density at radius 1 is 1.33 bits per heavy atom. The van der Waals surface area contributed by atoms with Gasteiger partial charge in [-0.3, -0.25) is 4.79 Å². The van der Waals surface area contributed by atoms with Crippen molar-refractivity contribution in [1.29, 1.82) is 0 Å². The average Bonchev–Trinajstić information content (AvgIpc) is 2.94. The van der Waals surface area contributed by atoms with Gasteiger partial charge in [0.15, 0.2) is 0 Å². The van der Waals surface area contributed by atoms with Crippen LogP contribution in [0.5, 0.6) is 5.75 Å². The molecular weight excluding hydrogens is 290 g/mol. The highest BCUT2D eigenvalue weighted by Gasteiger charge is 2.20. The molecule has 1 aromatic carbocycles. The van der Waals surface area contributed by atoms with E-state index in [1.165, 1.54) is 16.7 Å². The van der Waals surface area contributed by atoms with E-state index in [0.717, 1.165) is 5.56 Å². The van der Waals surface area contributed by atoms with Gasteiger partial charge < -0.3 is 14.1 Å². The highest BCUT2D eigenvalue weighted by Crippen LogP contribution is 2.31. The van der Waals surface area contributed by atoms with Crippen molar-refractivity contribution >= 4 is 17.7 Å². The second-order valence-electron chi connectivity index (χ2n) is 4.57. The average molecular weight is 307 g/mol. The van der Waals surface area contributed by atoms with Gasteiger partial charge in [-0.15, -0.1) is 10.2 Å². The van der Waals surface area contributed by atoms with Crippen molar-refractivity contribution in [3.63, 3.8) is 0 Å². The van der Waals surface area contributed by atoms with E-state index >= 15 is 0 Å². The maximum atomic E-state index is 11.8. The van der Waals surface area contributed by atoms with E-state index in [4.69, 9.17) is 9.15 Å². The Morgan fingerprint density at radius 3 is 2.71 bits per heavy atom. The lowest BCUT2D eigenvalue weighted by Crippen LogP contribution is -2.29. The summed E-state index contributed by atoms with van der Waals surface area (Å²) in [5, 5.41) is 8.05. The monoisotopic (exact) mass is 307 g/mol. The number of benzene rings is 1. The summed E-state index contributed by atoms with van der Waals surface area (Å²) in [6.45, 7) is 1.81. The number of methoxy groups -OCH3 is 1. The van der Waals surface area contributed by atoms with Crippen LogP contribution in [0.2, 0.25) is 0 Å². The van der Waals surface area contributed by atoms with Crippen LogP contribution in [0.25, 0.3) is 11.5 Å². The molecule has 0 aliphatic carbocycles. The minimum absolute atomic E-state index is 0.00274. The fourth-order valence-corrected chi connectivity index (χ4v) is 2.58. The molecule has 0 unspecified atom stereocenters. The Bertz CT molecular complexity index is 627. The number of amides is 1. The number of nitrogens with zero attached hydrogens (tertiary/aromatic N) is 3. The molecule has 2 aromatic rings. The number of para-hydroxylation sites is 1. The number of carbonyl (C=O) groups is 1. The Balaban J connectivity index is 2.17. The van der Waals surface area contributed by atoms with Crippen LogP contribution < -0.4 is 4.74 Å². The summed E-state index contributed by atoms with van der Waals surface area (Å²) in [5.74, 6) is 1.03. The lowest BCUT2D eigenvalue weighted by atomic mass is 10.2. The van der Waals surface area contributed by atoms with Gasteiger partial charge in [-0.2, -0.15) is 0 Å². The SMILES string of the molecule is COc1ccccc1-c1nnc(S[C@H](C)C(=O)N(C)C)o1. The quantitative estimate of drug-likeness (QED) is 0.790. The number of hydrogen-bond acceptors (Lipinski definition) is 6. The van der Waals surface area contributed by atoms with Crippen LogP contribution in [-0.2, 0) is 4.79 Å². The number of thioether (sulfide) groups is 1. The van der Waals surface area contributed by atoms with Crippen LogP contribution >= 0.6 is 11.8 Å². The van der Waals surface area contributed by atoms with E-state index in [1.54, 1.807) is 28.1 Å². The standard InChI is InChI=1S/C14H17N3O3S/c1-9(13(18)17(2)3)21-14-16-15-12(20-14)10-7-5-6-8-11(10)19-4/h5-9H,1-4H3/t9-/m1/s1. The molecule has 112 valence electrons. The molecule has 1 heterocycles. The van der Waals surface area contributed by atoms with Crippen LogP contribution in [-0.4, -0.2) is 47.5 Å². The highest BCUT2D eigenvalue weighted by molar-refractivity contribution is 8.00. The van der Waals surface area contributed by atoms with E-state index in [-0.39, 0.29) is 11.2 Å². The Hall–Kier alpha value is -2.02. The number of hydrogen-bond donors (Lipinski definition) is 0. The third-order valence-corrected chi connectivity index (χ3v) is 3.73. The summed E-state index contributed by atoms with van der Waals surface area (Å²) in [5.41, 5.74) is 0.728. The molecule has 0 N–H and O–H groups in total. The predicted octanol–water partition coefficient (Wildman–Crippen LogP) is 2.31. The van der Waals surface area contributed by atoms with Crippen molar-refractivity contribution < 1.29 is 13.9 Å². The van der Waals surface area contributed by atoms with E-state index in [9.17, 15) is 4.79 Å². The second-order valence-corrected chi connectivity index (χ2v) is 5.86. The smallest absolute Gasteiger partial charge is 0.277 e. The van der Waals surface area contributed by atoms with Crippen molar-refractivity contribution in [2.75, 3.05) is 21.2 Å². The number of rotatable bonds is 5. The molecule has 0 saturated heterocycles. The molecule has 21 heavy (non-hydrogen) atoms. The lowest BCUT2D eigenvalue weighted by molar-refractivity contribution is -0.127. The second kappa shape index (κ2) is 6.62. The summed E-state index contributed by atoms with van der Waals surface area (Å²) >= 11 is 1.24. The van der Waals surface area contributed by atoms with Crippen LogP contribution in [0.3, 0.4) is 0 Å². The van der Waals surface area contributed by atoms with Crippen molar-refractivity contribution in [1.82, 2.24) is 15.1 Å². The zero-order valence-electron chi connectivity index (χ0n) is 12.4. The third-order valence-electron chi connectivity index (χ3n) is 2.81.